The highest BCUT2D eigenvalue weighted by atomic mass is 19.4. The van der Waals surface area contributed by atoms with Gasteiger partial charge in [0.25, 0.3) is 0 Å². The number of aromatic nitrogens is 1. The van der Waals surface area contributed by atoms with E-state index < -0.39 is 24.3 Å². The van der Waals surface area contributed by atoms with Crippen molar-refractivity contribution in [2.75, 3.05) is 0 Å². The standard InChI is InChI=1S/C13H9F4NO/c14-9-3-1-2-8(6-9)10-4-5-12(13(15,16)17)18-11(10)7-19/h1-6,19H,7H2. The molecule has 1 heterocycles. The van der Waals surface area contributed by atoms with Gasteiger partial charge in [0.1, 0.15) is 11.5 Å². The summed E-state index contributed by atoms with van der Waals surface area (Å²) in [6.45, 7) is -0.657. The second kappa shape index (κ2) is 4.97. The van der Waals surface area contributed by atoms with Gasteiger partial charge in [-0.15, -0.1) is 0 Å². The number of hydrogen-bond donors (Lipinski definition) is 1. The van der Waals surface area contributed by atoms with Crippen molar-refractivity contribution < 1.29 is 22.7 Å². The molecule has 0 unspecified atom stereocenters. The van der Waals surface area contributed by atoms with Gasteiger partial charge in [0.2, 0.25) is 0 Å². The van der Waals surface area contributed by atoms with E-state index in [1.54, 1.807) is 0 Å². The molecule has 0 radical (unpaired) electrons. The molecule has 6 heteroatoms. The second-order valence-corrected chi connectivity index (χ2v) is 3.86. The van der Waals surface area contributed by atoms with Crippen LogP contribution in [0.5, 0.6) is 0 Å². The largest absolute Gasteiger partial charge is 0.433 e. The van der Waals surface area contributed by atoms with Gasteiger partial charge in [-0.3, -0.25) is 0 Å². The second-order valence-electron chi connectivity index (χ2n) is 3.86. The van der Waals surface area contributed by atoms with E-state index in [0.29, 0.717) is 5.56 Å². The van der Waals surface area contributed by atoms with Gasteiger partial charge >= 0.3 is 6.18 Å². The van der Waals surface area contributed by atoms with Crippen LogP contribution in [0.1, 0.15) is 11.4 Å². The molecule has 0 saturated heterocycles. The Kier molecular flexibility index (Phi) is 3.53. The number of rotatable bonds is 2. The highest BCUT2D eigenvalue weighted by Gasteiger charge is 2.33. The van der Waals surface area contributed by atoms with Gasteiger partial charge in [-0.1, -0.05) is 18.2 Å². The fourth-order valence-corrected chi connectivity index (χ4v) is 1.70. The molecule has 1 aromatic carbocycles. The maximum absolute atomic E-state index is 13.1. The zero-order valence-electron chi connectivity index (χ0n) is 9.58. The van der Waals surface area contributed by atoms with Crippen LogP contribution in [0.2, 0.25) is 0 Å². The molecule has 0 saturated carbocycles. The summed E-state index contributed by atoms with van der Waals surface area (Å²) in [5.41, 5.74) is -0.586. The first-order valence-electron chi connectivity index (χ1n) is 5.35. The Morgan fingerprint density at radius 1 is 1.11 bits per heavy atom. The molecule has 2 nitrogen and oxygen atoms in total. The summed E-state index contributed by atoms with van der Waals surface area (Å²) in [5.74, 6) is -0.513. The maximum atomic E-state index is 13.1. The predicted octanol–water partition coefficient (Wildman–Crippen LogP) is 3.40. The zero-order chi connectivity index (χ0) is 14.0. The fraction of sp³-hybridized carbons (Fsp3) is 0.154. The van der Waals surface area contributed by atoms with Crippen LogP contribution in [0.4, 0.5) is 17.6 Å². The van der Waals surface area contributed by atoms with Crippen molar-refractivity contribution in [3.8, 4) is 11.1 Å². The number of benzene rings is 1. The Balaban J connectivity index is 2.53. The van der Waals surface area contributed by atoms with Gasteiger partial charge in [0.15, 0.2) is 0 Å². The van der Waals surface area contributed by atoms with Crippen molar-refractivity contribution in [3.63, 3.8) is 0 Å². The summed E-state index contributed by atoms with van der Waals surface area (Å²) >= 11 is 0. The van der Waals surface area contributed by atoms with Crippen molar-refractivity contribution in [1.29, 1.82) is 0 Å². The molecule has 0 atom stereocenters. The Morgan fingerprint density at radius 2 is 1.84 bits per heavy atom. The van der Waals surface area contributed by atoms with Gasteiger partial charge < -0.3 is 5.11 Å². The molecule has 0 fully saturated rings. The van der Waals surface area contributed by atoms with E-state index in [4.69, 9.17) is 5.11 Å². The minimum Gasteiger partial charge on any atom is -0.390 e. The highest BCUT2D eigenvalue weighted by molar-refractivity contribution is 5.66. The number of aliphatic hydroxyl groups excluding tert-OH is 1. The average Bonchev–Trinajstić information content (AvgIpc) is 2.37. The van der Waals surface area contributed by atoms with Crippen molar-refractivity contribution in [2.45, 2.75) is 12.8 Å². The first-order valence-corrected chi connectivity index (χ1v) is 5.35. The monoisotopic (exact) mass is 271 g/mol. The Hall–Kier alpha value is -1.95. The van der Waals surface area contributed by atoms with Crippen LogP contribution in [0.3, 0.4) is 0 Å². The Labute approximate surface area is 106 Å². The van der Waals surface area contributed by atoms with E-state index in [0.717, 1.165) is 6.07 Å². The summed E-state index contributed by atoms with van der Waals surface area (Å²) in [7, 11) is 0. The van der Waals surface area contributed by atoms with E-state index >= 15 is 0 Å². The highest BCUT2D eigenvalue weighted by Crippen LogP contribution is 2.31. The summed E-state index contributed by atoms with van der Waals surface area (Å²) < 4.78 is 50.6. The average molecular weight is 271 g/mol. The topological polar surface area (TPSA) is 33.1 Å². The summed E-state index contributed by atoms with van der Waals surface area (Å²) in [4.78, 5) is 3.37. The van der Waals surface area contributed by atoms with Crippen molar-refractivity contribution >= 4 is 0 Å². The molecule has 1 aromatic heterocycles. The van der Waals surface area contributed by atoms with Crippen LogP contribution in [0.15, 0.2) is 36.4 Å². The summed E-state index contributed by atoms with van der Waals surface area (Å²) in [6.07, 6.45) is -4.58. The van der Waals surface area contributed by atoms with Crippen molar-refractivity contribution in [1.82, 2.24) is 4.98 Å². The van der Waals surface area contributed by atoms with E-state index in [2.05, 4.69) is 4.98 Å². The molecule has 0 aliphatic rings. The first kappa shape index (κ1) is 13.5. The minimum absolute atomic E-state index is 0.138. The third-order valence-electron chi connectivity index (χ3n) is 2.55. The van der Waals surface area contributed by atoms with Crippen LogP contribution < -0.4 is 0 Å². The van der Waals surface area contributed by atoms with Gasteiger partial charge in [-0.25, -0.2) is 9.37 Å². The van der Waals surface area contributed by atoms with Crippen LogP contribution in [-0.4, -0.2) is 10.1 Å². The van der Waals surface area contributed by atoms with Gasteiger partial charge in [-0.05, 0) is 23.8 Å². The quantitative estimate of drug-likeness (QED) is 0.849. The van der Waals surface area contributed by atoms with Crippen LogP contribution in [-0.2, 0) is 12.8 Å². The first-order chi connectivity index (χ1) is 8.91. The van der Waals surface area contributed by atoms with E-state index in [1.807, 2.05) is 0 Å². The SMILES string of the molecule is OCc1nc(C(F)(F)F)ccc1-c1cccc(F)c1. The molecule has 0 amide bonds. The number of alkyl halides is 3. The zero-order valence-corrected chi connectivity index (χ0v) is 9.58. The Morgan fingerprint density at radius 3 is 2.42 bits per heavy atom. The third kappa shape index (κ3) is 2.90. The Bertz CT molecular complexity index is 595. The number of hydrogen-bond acceptors (Lipinski definition) is 2. The molecule has 2 aromatic rings. The lowest BCUT2D eigenvalue weighted by Crippen LogP contribution is -2.10. The number of nitrogens with zero attached hydrogens (tertiary/aromatic N) is 1. The number of aliphatic hydroxyl groups is 1. The van der Waals surface area contributed by atoms with Gasteiger partial charge in [0.05, 0.1) is 12.3 Å². The molecule has 0 aliphatic heterocycles. The molecule has 100 valence electrons. The smallest absolute Gasteiger partial charge is 0.390 e. The number of halogens is 4. The molecule has 1 N–H and O–H groups in total. The maximum Gasteiger partial charge on any atom is 0.433 e. The molecule has 0 bridgehead atoms. The molecule has 19 heavy (non-hydrogen) atoms. The lowest BCUT2D eigenvalue weighted by atomic mass is 10.0. The molecular weight excluding hydrogens is 262 g/mol. The number of pyridine rings is 1. The molecule has 2 rings (SSSR count). The van der Waals surface area contributed by atoms with E-state index in [9.17, 15) is 17.6 Å². The lowest BCUT2D eigenvalue weighted by Gasteiger charge is -2.11. The molecular formula is C13H9F4NO. The fourth-order valence-electron chi connectivity index (χ4n) is 1.70. The predicted molar refractivity (Wildman–Crippen MR) is 60.6 cm³/mol. The van der Waals surface area contributed by atoms with E-state index in [-0.39, 0.29) is 11.3 Å². The van der Waals surface area contributed by atoms with Crippen LogP contribution in [0, 0.1) is 5.82 Å². The van der Waals surface area contributed by atoms with Gasteiger partial charge in [-0.2, -0.15) is 13.2 Å². The lowest BCUT2D eigenvalue weighted by molar-refractivity contribution is -0.141. The van der Waals surface area contributed by atoms with Gasteiger partial charge in [0, 0.05) is 5.56 Å². The van der Waals surface area contributed by atoms with Crippen molar-refractivity contribution in [2.24, 2.45) is 0 Å². The third-order valence-corrected chi connectivity index (χ3v) is 2.55. The summed E-state index contributed by atoms with van der Waals surface area (Å²) in [6, 6.07) is 7.34. The van der Waals surface area contributed by atoms with Crippen LogP contribution in [0.25, 0.3) is 11.1 Å². The summed E-state index contributed by atoms with van der Waals surface area (Å²) in [5, 5.41) is 9.12. The van der Waals surface area contributed by atoms with E-state index in [1.165, 1.54) is 30.3 Å². The normalized spacial score (nSPS) is 11.6. The molecule has 0 aliphatic carbocycles. The van der Waals surface area contributed by atoms with Crippen LogP contribution >= 0.6 is 0 Å². The minimum atomic E-state index is -4.58. The van der Waals surface area contributed by atoms with Crippen molar-refractivity contribution in [3.05, 3.63) is 53.6 Å². The molecule has 0 spiro atoms.